The second-order valence-electron chi connectivity index (χ2n) is 8.64. The van der Waals surface area contributed by atoms with Crippen LogP contribution in [0.5, 0.6) is 0 Å². The number of hydrogen-bond donors (Lipinski definition) is 0. The molecule has 0 radical (unpaired) electrons. The van der Waals surface area contributed by atoms with E-state index in [1.165, 1.54) is 30.3 Å². The molecular weight excluding hydrogens is 513 g/mol. The fraction of sp³-hybridized carbons (Fsp3) is 0.154. The molecule has 0 bridgehead atoms. The zero-order valence-corrected chi connectivity index (χ0v) is 20.0. The fourth-order valence-corrected chi connectivity index (χ4v) is 6.09. The Morgan fingerprint density at radius 3 is 2.03 bits per heavy atom. The highest BCUT2D eigenvalue weighted by Crippen LogP contribution is 2.58. The third-order valence-electron chi connectivity index (χ3n) is 6.85. The number of imide groups is 1. The number of ketones is 2. The molecule has 0 aromatic heterocycles. The maximum Gasteiger partial charge on any atom is 0.241 e. The lowest BCUT2D eigenvalue weighted by Gasteiger charge is -2.27. The highest BCUT2D eigenvalue weighted by molar-refractivity contribution is 6.40. The Morgan fingerprint density at radius 1 is 0.743 bits per heavy atom. The predicted octanol–water partition coefficient (Wildman–Crippen LogP) is 5.34. The van der Waals surface area contributed by atoms with Crippen LogP contribution in [-0.4, -0.2) is 29.0 Å². The van der Waals surface area contributed by atoms with Gasteiger partial charge >= 0.3 is 0 Å². The molecule has 0 saturated carbocycles. The van der Waals surface area contributed by atoms with E-state index < -0.39 is 46.9 Å². The van der Waals surface area contributed by atoms with Gasteiger partial charge in [-0.15, -0.1) is 0 Å². The van der Waals surface area contributed by atoms with Crippen LogP contribution < -0.4 is 4.90 Å². The van der Waals surface area contributed by atoms with Gasteiger partial charge in [0.2, 0.25) is 29.0 Å². The summed E-state index contributed by atoms with van der Waals surface area (Å²) < 4.78 is 6.22. The van der Waals surface area contributed by atoms with Crippen molar-refractivity contribution in [1.29, 1.82) is 0 Å². The summed E-state index contributed by atoms with van der Waals surface area (Å²) in [6, 6.07) is 17.3. The van der Waals surface area contributed by atoms with E-state index >= 15 is 0 Å². The number of halogens is 3. The van der Waals surface area contributed by atoms with Gasteiger partial charge in [0.1, 0.15) is 0 Å². The van der Waals surface area contributed by atoms with E-state index in [2.05, 4.69) is 0 Å². The maximum absolute atomic E-state index is 13.9. The van der Waals surface area contributed by atoms with Gasteiger partial charge in [-0.1, -0.05) is 71.2 Å². The summed E-state index contributed by atoms with van der Waals surface area (Å²) in [6.45, 7) is 0. The standard InChI is InChI=1S/C26H14Cl3NO5/c27-13-5-3-4-12(10-13)21-19-20(25(34)30(24(19)33)18-9-8-14(28)11-17(18)29)26(35-21)22(31)15-6-1-2-7-16(15)23(26)32/h1-11,19-21H/t19-,20-,21-/m1/s1. The van der Waals surface area contributed by atoms with E-state index in [9.17, 15) is 19.2 Å². The second kappa shape index (κ2) is 7.73. The van der Waals surface area contributed by atoms with Crippen molar-refractivity contribution in [2.45, 2.75) is 11.7 Å². The van der Waals surface area contributed by atoms with Gasteiger partial charge in [0.25, 0.3) is 0 Å². The van der Waals surface area contributed by atoms with Crippen molar-refractivity contribution in [1.82, 2.24) is 0 Å². The molecule has 1 spiro atoms. The molecule has 6 rings (SSSR count). The van der Waals surface area contributed by atoms with Gasteiger partial charge in [-0.25, -0.2) is 4.90 Å². The summed E-state index contributed by atoms with van der Waals surface area (Å²) in [7, 11) is 0. The normalized spacial score (nSPS) is 24.4. The van der Waals surface area contributed by atoms with Crippen molar-refractivity contribution in [2.24, 2.45) is 11.8 Å². The third kappa shape index (κ3) is 2.94. The van der Waals surface area contributed by atoms with E-state index in [-0.39, 0.29) is 21.8 Å². The molecule has 2 amide bonds. The number of amides is 2. The van der Waals surface area contributed by atoms with Gasteiger partial charge in [0.15, 0.2) is 0 Å². The smallest absolute Gasteiger partial charge is 0.241 e. The topological polar surface area (TPSA) is 80.8 Å². The quantitative estimate of drug-likeness (QED) is 0.333. The Bertz CT molecular complexity index is 1450. The Balaban J connectivity index is 1.56. The SMILES string of the molecule is O=C1[C@H]2[C@@H](c3cccc(Cl)c3)OC3(C(=O)c4ccccc4C3=O)[C@H]2C(=O)N1c1ccc(Cl)cc1Cl. The minimum absolute atomic E-state index is 0.0841. The van der Waals surface area contributed by atoms with E-state index in [0.717, 1.165) is 4.90 Å². The number of ether oxygens (including phenoxy) is 1. The Morgan fingerprint density at radius 2 is 1.40 bits per heavy atom. The first-order valence-corrected chi connectivity index (χ1v) is 11.8. The molecule has 2 heterocycles. The lowest BCUT2D eigenvalue weighted by atomic mass is 9.77. The molecular formula is C26H14Cl3NO5. The molecule has 6 nitrogen and oxygen atoms in total. The number of hydrogen-bond acceptors (Lipinski definition) is 5. The summed E-state index contributed by atoms with van der Waals surface area (Å²) in [5.41, 5.74) is -1.25. The van der Waals surface area contributed by atoms with Crippen LogP contribution in [0.3, 0.4) is 0 Å². The lowest BCUT2D eigenvalue weighted by molar-refractivity contribution is -0.127. The van der Waals surface area contributed by atoms with Crippen LogP contribution >= 0.6 is 34.8 Å². The predicted molar refractivity (Wildman–Crippen MR) is 129 cm³/mol. The third-order valence-corrected chi connectivity index (χ3v) is 7.62. The zero-order chi connectivity index (χ0) is 24.6. The fourth-order valence-electron chi connectivity index (χ4n) is 5.40. The van der Waals surface area contributed by atoms with Crippen LogP contribution in [0.4, 0.5) is 5.69 Å². The van der Waals surface area contributed by atoms with Gasteiger partial charge in [0, 0.05) is 21.2 Å². The Hall–Kier alpha value is -3.03. The molecule has 2 saturated heterocycles. The molecule has 3 aromatic carbocycles. The lowest BCUT2D eigenvalue weighted by Crippen LogP contribution is -2.51. The number of carbonyl (C=O) groups is 4. The molecule has 2 fully saturated rings. The largest absolute Gasteiger partial charge is 0.349 e. The summed E-state index contributed by atoms with van der Waals surface area (Å²) in [5.74, 6) is -5.15. The van der Waals surface area contributed by atoms with Crippen LogP contribution in [0.2, 0.25) is 15.1 Å². The highest BCUT2D eigenvalue weighted by atomic mass is 35.5. The monoisotopic (exact) mass is 525 g/mol. The van der Waals surface area contributed by atoms with Gasteiger partial charge in [0.05, 0.1) is 28.6 Å². The molecule has 174 valence electrons. The second-order valence-corrected chi connectivity index (χ2v) is 9.92. The van der Waals surface area contributed by atoms with Crippen LogP contribution in [0, 0.1) is 11.8 Å². The molecule has 1 aliphatic carbocycles. The first kappa shape index (κ1) is 22.4. The van der Waals surface area contributed by atoms with Crippen molar-refractivity contribution in [3.63, 3.8) is 0 Å². The van der Waals surface area contributed by atoms with Crippen LogP contribution in [0.1, 0.15) is 32.4 Å². The number of rotatable bonds is 2. The number of carbonyl (C=O) groups excluding carboxylic acids is 4. The Kier molecular flexibility index (Phi) is 4.96. The van der Waals surface area contributed by atoms with Crippen molar-refractivity contribution >= 4 is 63.9 Å². The minimum atomic E-state index is -2.16. The van der Waals surface area contributed by atoms with E-state index in [4.69, 9.17) is 39.5 Å². The molecule has 3 atom stereocenters. The average Bonchev–Trinajstić information content (AvgIpc) is 3.40. The highest BCUT2D eigenvalue weighted by Gasteiger charge is 2.74. The summed E-state index contributed by atoms with van der Waals surface area (Å²) in [5, 5.41) is 0.789. The van der Waals surface area contributed by atoms with Gasteiger partial charge < -0.3 is 4.74 Å². The van der Waals surface area contributed by atoms with Crippen LogP contribution in [0.25, 0.3) is 0 Å². The van der Waals surface area contributed by atoms with Crippen molar-refractivity contribution < 1.29 is 23.9 Å². The summed E-state index contributed by atoms with van der Waals surface area (Å²) in [4.78, 5) is 56.1. The van der Waals surface area contributed by atoms with Crippen molar-refractivity contribution in [3.8, 4) is 0 Å². The van der Waals surface area contributed by atoms with E-state index in [1.807, 2.05) is 0 Å². The summed E-state index contributed by atoms with van der Waals surface area (Å²) in [6.07, 6.45) is -1.06. The van der Waals surface area contributed by atoms with E-state index in [1.54, 1.807) is 36.4 Å². The van der Waals surface area contributed by atoms with Crippen molar-refractivity contribution in [3.05, 3.63) is 98.5 Å². The van der Waals surface area contributed by atoms with Gasteiger partial charge in [-0.2, -0.15) is 0 Å². The number of anilines is 1. The number of nitrogens with zero attached hydrogens (tertiary/aromatic N) is 1. The molecule has 0 unspecified atom stereocenters. The molecule has 3 aliphatic rings. The first-order valence-electron chi connectivity index (χ1n) is 10.7. The van der Waals surface area contributed by atoms with Gasteiger partial charge in [-0.3, -0.25) is 19.2 Å². The van der Waals surface area contributed by atoms with Gasteiger partial charge in [-0.05, 0) is 35.9 Å². The zero-order valence-electron chi connectivity index (χ0n) is 17.7. The summed E-state index contributed by atoms with van der Waals surface area (Å²) >= 11 is 18.5. The number of Topliss-reactive ketones (excluding diaryl/α,β-unsaturated/α-hetero) is 2. The maximum atomic E-state index is 13.9. The average molecular weight is 527 g/mol. The molecule has 0 N–H and O–H groups in total. The van der Waals surface area contributed by atoms with Crippen LogP contribution in [0.15, 0.2) is 66.7 Å². The molecule has 3 aromatic rings. The van der Waals surface area contributed by atoms with Crippen LogP contribution in [-0.2, 0) is 14.3 Å². The molecule has 35 heavy (non-hydrogen) atoms. The molecule has 9 heteroatoms. The number of fused-ring (bicyclic) bond motifs is 3. The molecule has 2 aliphatic heterocycles. The van der Waals surface area contributed by atoms with E-state index in [0.29, 0.717) is 15.6 Å². The minimum Gasteiger partial charge on any atom is -0.349 e. The first-order chi connectivity index (χ1) is 16.8. The Labute approximate surface area is 214 Å². The number of benzene rings is 3. The van der Waals surface area contributed by atoms with Crippen molar-refractivity contribution in [2.75, 3.05) is 4.90 Å².